The summed E-state index contributed by atoms with van der Waals surface area (Å²) in [5, 5.41) is 0. The van der Waals surface area contributed by atoms with Gasteiger partial charge in [-0.1, -0.05) is 36.9 Å². The number of hydrogen-bond acceptors (Lipinski definition) is 3. The molecule has 4 nitrogen and oxygen atoms in total. The lowest BCUT2D eigenvalue weighted by molar-refractivity contribution is -0.142. The van der Waals surface area contributed by atoms with Crippen LogP contribution in [0.25, 0.3) is 5.70 Å². The molecule has 1 aromatic carbocycles. The van der Waals surface area contributed by atoms with Gasteiger partial charge in [0.2, 0.25) is 0 Å². The molecule has 20 heavy (non-hydrogen) atoms. The van der Waals surface area contributed by atoms with Crippen molar-refractivity contribution < 1.29 is 14.3 Å². The molecule has 0 radical (unpaired) electrons. The standard InChI is InChI=1S/C16H17NO3/c1-3-4-11-20-15(18)9-10-17-12(2)13-7-5-6-8-14(13)16(17)19/h3-8H,2,9-11H2,1H3/b4-3+. The van der Waals surface area contributed by atoms with Crippen molar-refractivity contribution in [3.05, 3.63) is 54.1 Å². The first-order valence-corrected chi connectivity index (χ1v) is 6.52. The molecule has 0 atom stereocenters. The number of ether oxygens (including phenoxy) is 1. The Labute approximate surface area is 118 Å². The highest BCUT2D eigenvalue weighted by molar-refractivity contribution is 6.08. The van der Waals surface area contributed by atoms with Crippen LogP contribution < -0.4 is 0 Å². The maximum absolute atomic E-state index is 12.2. The Hall–Kier alpha value is -2.36. The van der Waals surface area contributed by atoms with E-state index in [1.807, 2.05) is 31.2 Å². The third-order valence-corrected chi connectivity index (χ3v) is 3.16. The monoisotopic (exact) mass is 271 g/mol. The predicted octanol–water partition coefficient (Wildman–Crippen LogP) is 2.62. The molecule has 1 aromatic rings. The van der Waals surface area contributed by atoms with Gasteiger partial charge in [0.25, 0.3) is 5.91 Å². The topological polar surface area (TPSA) is 46.6 Å². The minimum Gasteiger partial charge on any atom is -0.461 e. The van der Waals surface area contributed by atoms with E-state index in [2.05, 4.69) is 6.58 Å². The predicted molar refractivity (Wildman–Crippen MR) is 76.9 cm³/mol. The second kappa shape index (κ2) is 6.19. The van der Waals surface area contributed by atoms with E-state index >= 15 is 0 Å². The second-order valence-electron chi connectivity index (χ2n) is 4.45. The Morgan fingerprint density at radius 3 is 2.70 bits per heavy atom. The molecule has 2 rings (SSSR count). The number of carbonyl (C=O) groups excluding carboxylic acids is 2. The summed E-state index contributed by atoms with van der Waals surface area (Å²) in [6.07, 6.45) is 3.74. The maximum atomic E-state index is 12.2. The molecule has 0 saturated heterocycles. The lowest BCUT2D eigenvalue weighted by atomic mass is 10.1. The van der Waals surface area contributed by atoms with Crippen molar-refractivity contribution >= 4 is 17.6 Å². The van der Waals surface area contributed by atoms with Crippen LogP contribution in [0.4, 0.5) is 0 Å². The van der Waals surface area contributed by atoms with E-state index in [0.29, 0.717) is 17.8 Å². The van der Waals surface area contributed by atoms with Gasteiger partial charge in [-0.05, 0) is 13.0 Å². The van der Waals surface area contributed by atoms with Gasteiger partial charge in [0, 0.05) is 23.4 Å². The number of allylic oxidation sites excluding steroid dienone is 1. The van der Waals surface area contributed by atoms with Crippen LogP contribution in [-0.2, 0) is 9.53 Å². The van der Waals surface area contributed by atoms with E-state index in [-0.39, 0.29) is 24.9 Å². The van der Waals surface area contributed by atoms with Gasteiger partial charge in [-0.3, -0.25) is 9.59 Å². The smallest absolute Gasteiger partial charge is 0.307 e. The van der Waals surface area contributed by atoms with Crippen molar-refractivity contribution in [3.63, 3.8) is 0 Å². The van der Waals surface area contributed by atoms with Crippen molar-refractivity contribution in [2.75, 3.05) is 13.2 Å². The summed E-state index contributed by atoms with van der Waals surface area (Å²) in [6, 6.07) is 7.32. The minimum atomic E-state index is -0.320. The number of rotatable bonds is 5. The number of fused-ring (bicyclic) bond motifs is 1. The van der Waals surface area contributed by atoms with E-state index in [9.17, 15) is 9.59 Å². The van der Waals surface area contributed by atoms with Crippen molar-refractivity contribution in [2.24, 2.45) is 0 Å². The van der Waals surface area contributed by atoms with Gasteiger partial charge in [0.05, 0.1) is 6.42 Å². The molecule has 1 aliphatic heterocycles. The molecule has 0 spiro atoms. The molecule has 1 aliphatic rings. The SMILES string of the molecule is C=C1c2ccccc2C(=O)N1CCC(=O)OC/C=C/C. The zero-order valence-electron chi connectivity index (χ0n) is 11.5. The molecular weight excluding hydrogens is 254 g/mol. The van der Waals surface area contributed by atoms with Crippen LogP contribution in [0.15, 0.2) is 43.0 Å². The number of nitrogens with zero attached hydrogens (tertiary/aromatic N) is 1. The average Bonchev–Trinajstić information content (AvgIpc) is 2.70. The fourth-order valence-electron chi connectivity index (χ4n) is 2.08. The van der Waals surface area contributed by atoms with Crippen LogP contribution in [0.5, 0.6) is 0 Å². The molecule has 1 heterocycles. The summed E-state index contributed by atoms with van der Waals surface area (Å²) < 4.78 is 5.00. The first-order valence-electron chi connectivity index (χ1n) is 6.52. The van der Waals surface area contributed by atoms with Crippen LogP contribution in [0, 0.1) is 0 Å². The zero-order chi connectivity index (χ0) is 14.5. The molecule has 0 aliphatic carbocycles. The van der Waals surface area contributed by atoms with Crippen molar-refractivity contribution in [2.45, 2.75) is 13.3 Å². The molecular formula is C16H17NO3. The normalized spacial score (nSPS) is 13.9. The number of benzene rings is 1. The van der Waals surface area contributed by atoms with Crippen LogP contribution in [0.3, 0.4) is 0 Å². The zero-order valence-corrected chi connectivity index (χ0v) is 11.5. The quantitative estimate of drug-likeness (QED) is 0.611. The van der Waals surface area contributed by atoms with Gasteiger partial charge in [-0.15, -0.1) is 0 Å². The number of carbonyl (C=O) groups is 2. The lowest BCUT2D eigenvalue weighted by Gasteiger charge is -2.16. The highest BCUT2D eigenvalue weighted by Crippen LogP contribution is 2.30. The molecule has 4 heteroatoms. The number of esters is 1. The molecule has 0 aromatic heterocycles. The fourth-order valence-corrected chi connectivity index (χ4v) is 2.08. The minimum absolute atomic E-state index is 0.105. The Balaban J connectivity index is 1.94. The van der Waals surface area contributed by atoms with Crippen molar-refractivity contribution in [3.8, 4) is 0 Å². The van der Waals surface area contributed by atoms with Crippen LogP contribution >= 0.6 is 0 Å². The van der Waals surface area contributed by atoms with Crippen LogP contribution in [0.1, 0.15) is 29.3 Å². The third-order valence-electron chi connectivity index (χ3n) is 3.16. The Morgan fingerprint density at radius 2 is 2.05 bits per heavy atom. The lowest BCUT2D eigenvalue weighted by Crippen LogP contribution is -2.26. The third kappa shape index (κ3) is 2.79. The Morgan fingerprint density at radius 1 is 1.35 bits per heavy atom. The molecule has 0 fully saturated rings. The largest absolute Gasteiger partial charge is 0.461 e. The summed E-state index contributed by atoms with van der Waals surface area (Å²) in [6.45, 7) is 6.34. The highest BCUT2D eigenvalue weighted by atomic mass is 16.5. The maximum Gasteiger partial charge on any atom is 0.307 e. The van der Waals surface area contributed by atoms with E-state index in [0.717, 1.165) is 5.56 Å². The molecule has 104 valence electrons. The van der Waals surface area contributed by atoms with Crippen molar-refractivity contribution in [1.29, 1.82) is 0 Å². The molecule has 0 bridgehead atoms. The average molecular weight is 271 g/mol. The van der Waals surface area contributed by atoms with Gasteiger partial charge in [0.1, 0.15) is 6.61 Å². The van der Waals surface area contributed by atoms with Gasteiger partial charge < -0.3 is 9.64 Å². The second-order valence-corrected chi connectivity index (χ2v) is 4.45. The Kier molecular flexibility index (Phi) is 4.35. The van der Waals surface area contributed by atoms with Gasteiger partial charge in [0.15, 0.2) is 0 Å². The van der Waals surface area contributed by atoms with Crippen LogP contribution in [-0.4, -0.2) is 29.9 Å². The molecule has 0 unspecified atom stereocenters. The summed E-state index contributed by atoms with van der Waals surface area (Å²) in [5.41, 5.74) is 2.12. The van der Waals surface area contributed by atoms with Crippen molar-refractivity contribution in [1.82, 2.24) is 4.90 Å². The van der Waals surface area contributed by atoms with E-state index in [4.69, 9.17) is 4.74 Å². The van der Waals surface area contributed by atoms with E-state index in [1.54, 1.807) is 12.1 Å². The first kappa shape index (κ1) is 14.1. The Bertz CT molecular complexity index is 540. The van der Waals surface area contributed by atoms with E-state index < -0.39 is 0 Å². The summed E-state index contributed by atoms with van der Waals surface area (Å²) in [5.74, 6) is -0.425. The van der Waals surface area contributed by atoms with Gasteiger partial charge >= 0.3 is 5.97 Å². The number of amides is 1. The molecule has 1 amide bonds. The summed E-state index contributed by atoms with van der Waals surface area (Å²) in [7, 11) is 0. The molecule has 0 N–H and O–H groups in total. The first-order chi connectivity index (χ1) is 9.65. The number of hydrogen-bond donors (Lipinski definition) is 0. The molecule has 0 saturated carbocycles. The van der Waals surface area contributed by atoms with Gasteiger partial charge in [-0.2, -0.15) is 0 Å². The fraction of sp³-hybridized carbons (Fsp3) is 0.250. The van der Waals surface area contributed by atoms with Gasteiger partial charge in [-0.25, -0.2) is 0 Å². The van der Waals surface area contributed by atoms with E-state index in [1.165, 1.54) is 4.90 Å². The highest BCUT2D eigenvalue weighted by Gasteiger charge is 2.30. The summed E-state index contributed by atoms with van der Waals surface area (Å²) >= 11 is 0. The van der Waals surface area contributed by atoms with Crippen LogP contribution in [0.2, 0.25) is 0 Å². The summed E-state index contributed by atoms with van der Waals surface area (Å²) in [4.78, 5) is 25.2.